The highest BCUT2D eigenvalue weighted by Crippen LogP contribution is 2.23. The van der Waals surface area contributed by atoms with Crippen LogP contribution in [0.15, 0.2) is 0 Å². The number of esters is 1. The lowest BCUT2D eigenvalue weighted by molar-refractivity contribution is -0.142. The van der Waals surface area contributed by atoms with E-state index in [-0.39, 0.29) is 13.0 Å². The Hall–Kier alpha value is -1.15. The summed E-state index contributed by atoms with van der Waals surface area (Å²) in [7, 11) is -2.91. The Morgan fingerprint density at radius 3 is 2.47 bits per heavy atom. The van der Waals surface area contributed by atoms with Gasteiger partial charge in [0.15, 0.2) is 5.25 Å². The average Bonchev–Trinajstić information content (AvgIpc) is 2.62. The molecular weight excluding hydrogens is 274 g/mol. The molecule has 2 atom stereocenters. The third kappa shape index (κ3) is 3.44. The van der Waals surface area contributed by atoms with Crippen molar-refractivity contribution in [3.8, 4) is 0 Å². The fourth-order valence-electron chi connectivity index (χ4n) is 2.12. The minimum atomic E-state index is -4.01. The monoisotopic (exact) mass is 293 g/mol. The van der Waals surface area contributed by atoms with Gasteiger partial charge in [-0.3, -0.25) is 9.59 Å². The number of hydrogen-bond acceptors (Lipinski definition) is 5. The molecule has 1 rings (SSSR count). The van der Waals surface area contributed by atoms with Crippen LogP contribution in [0.1, 0.15) is 32.6 Å². The Bertz CT molecular complexity index is 446. The van der Waals surface area contributed by atoms with E-state index in [2.05, 4.69) is 4.74 Å². The summed E-state index contributed by atoms with van der Waals surface area (Å²) < 4.78 is 30.0. The second-order valence-corrected chi connectivity index (χ2v) is 6.73. The first-order chi connectivity index (χ1) is 8.82. The highest BCUT2D eigenvalue weighted by atomic mass is 32.2. The van der Waals surface area contributed by atoms with E-state index in [0.717, 1.165) is 17.8 Å². The Morgan fingerprint density at radius 2 is 1.95 bits per heavy atom. The molecule has 0 spiro atoms. The van der Waals surface area contributed by atoms with Gasteiger partial charge in [-0.05, 0) is 19.8 Å². The number of carboxylic acid groups (broad SMARTS) is 1. The third-order valence-corrected chi connectivity index (χ3v) is 5.47. The molecule has 8 heteroatoms. The van der Waals surface area contributed by atoms with Gasteiger partial charge in [-0.2, -0.15) is 4.31 Å². The summed E-state index contributed by atoms with van der Waals surface area (Å²) in [5.74, 6) is -2.06. The minimum Gasteiger partial charge on any atom is -0.480 e. The number of ether oxygens (including phenoxy) is 1. The number of rotatable bonds is 4. The molecule has 0 saturated carbocycles. The second kappa shape index (κ2) is 6.33. The van der Waals surface area contributed by atoms with Crippen molar-refractivity contribution in [1.29, 1.82) is 0 Å². The zero-order valence-corrected chi connectivity index (χ0v) is 11.9. The second-order valence-electron chi connectivity index (χ2n) is 4.52. The van der Waals surface area contributed by atoms with Crippen LogP contribution in [0.3, 0.4) is 0 Å². The molecule has 0 radical (unpaired) electrons. The molecule has 19 heavy (non-hydrogen) atoms. The predicted molar refractivity (Wildman–Crippen MR) is 67.0 cm³/mol. The van der Waals surface area contributed by atoms with Gasteiger partial charge >= 0.3 is 11.9 Å². The van der Waals surface area contributed by atoms with Crippen LogP contribution in [0.4, 0.5) is 0 Å². The van der Waals surface area contributed by atoms with E-state index in [1.807, 2.05) is 0 Å². The molecule has 0 aromatic carbocycles. The quantitative estimate of drug-likeness (QED) is 0.743. The molecule has 0 amide bonds. The van der Waals surface area contributed by atoms with Crippen LogP contribution in [0.5, 0.6) is 0 Å². The number of carbonyl (C=O) groups is 2. The highest BCUT2D eigenvalue weighted by molar-refractivity contribution is 7.90. The van der Waals surface area contributed by atoms with Crippen LogP contribution in [0.25, 0.3) is 0 Å². The van der Waals surface area contributed by atoms with Crippen LogP contribution in [-0.2, 0) is 24.3 Å². The van der Waals surface area contributed by atoms with E-state index in [4.69, 9.17) is 5.11 Å². The normalized spacial score (nSPS) is 23.4. The lowest BCUT2D eigenvalue weighted by Gasteiger charge is -2.28. The molecule has 110 valence electrons. The molecule has 0 aromatic rings. The van der Waals surface area contributed by atoms with Gasteiger partial charge in [-0.15, -0.1) is 0 Å². The van der Waals surface area contributed by atoms with Crippen molar-refractivity contribution in [3.63, 3.8) is 0 Å². The maximum absolute atomic E-state index is 12.3. The molecule has 1 heterocycles. The zero-order valence-electron chi connectivity index (χ0n) is 11.0. The van der Waals surface area contributed by atoms with Crippen molar-refractivity contribution in [1.82, 2.24) is 4.31 Å². The summed E-state index contributed by atoms with van der Waals surface area (Å²) in [5, 5.41) is 7.76. The molecule has 2 unspecified atom stereocenters. The van der Waals surface area contributed by atoms with Crippen molar-refractivity contribution in [2.75, 3.05) is 13.7 Å². The standard InChI is InChI=1S/C11H19NO6S/c1-8(11(15)18-2)19(16,17)12-7-5-3-4-6-9(12)10(13)14/h8-9H,3-7H2,1-2H3,(H,13,14). The number of aliphatic carboxylic acids is 1. The maximum Gasteiger partial charge on any atom is 0.325 e. The topological polar surface area (TPSA) is 101 Å². The molecule has 1 saturated heterocycles. The molecule has 1 aliphatic heterocycles. The SMILES string of the molecule is COC(=O)C(C)S(=O)(=O)N1CCCCCC1C(=O)O. The Labute approximate surface area is 112 Å². The van der Waals surface area contributed by atoms with Crippen LogP contribution < -0.4 is 0 Å². The first-order valence-corrected chi connectivity index (χ1v) is 7.64. The summed E-state index contributed by atoms with van der Waals surface area (Å²) in [4.78, 5) is 22.6. The number of carboxylic acids is 1. The van der Waals surface area contributed by atoms with Gasteiger partial charge in [-0.25, -0.2) is 8.42 Å². The first kappa shape index (κ1) is 15.9. The van der Waals surface area contributed by atoms with Crippen LogP contribution in [0, 0.1) is 0 Å². The molecule has 0 aromatic heterocycles. The summed E-state index contributed by atoms with van der Waals surface area (Å²) in [5.41, 5.74) is 0. The van der Waals surface area contributed by atoms with Gasteiger partial charge in [-0.1, -0.05) is 12.8 Å². The lowest BCUT2D eigenvalue weighted by Crippen LogP contribution is -2.49. The van der Waals surface area contributed by atoms with E-state index in [1.54, 1.807) is 0 Å². The van der Waals surface area contributed by atoms with Gasteiger partial charge in [0.2, 0.25) is 10.0 Å². The van der Waals surface area contributed by atoms with Crippen LogP contribution >= 0.6 is 0 Å². The molecule has 7 nitrogen and oxygen atoms in total. The van der Waals surface area contributed by atoms with Gasteiger partial charge in [0.1, 0.15) is 6.04 Å². The van der Waals surface area contributed by atoms with Gasteiger partial charge < -0.3 is 9.84 Å². The Morgan fingerprint density at radius 1 is 1.32 bits per heavy atom. The van der Waals surface area contributed by atoms with Crippen molar-refractivity contribution < 1.29 is 27.9 Å². The highest BCUT2D eigenvalue weighted by Gasteiger charge is 2.41. The van der Waals surface area contributed by atoms with Crippen molar-refractivity contribution >= 4 is 22.0 Å². The summed E-state index contributed by atoms with van der Waals surface area (Å²) in [6.07, 6.45) is 2.30. The third-order valence-electron chi connectivity index (χ3n) is 3.30. The van der Waals surface area contributed by atoms with Gasteiger partial charge in [0, 0.05) is 6.54 Å². The average molecular weight is 293 g/mol. The van der Waals surface area contributed by atoms with E-state index in [9.17, 15) is 18.0 Å². The van der Waals surface area contributed by atoms with E-state index in [1.165, 1.54) is 6.92 Å². The summed E-state index contributed by atoms with van der Waals surface area (Å²) in [6.45, 7) is 1.34. The summed E-state index contributed by atoms with van der Waals surface area (Å²) >= 11 is 0. The number of carbonyl (C=O) groups excluding carboxylic acids is 1. The largest absolute Gasteiger partial charge is 0.480 e. The number of nitrogens with zero attached hydrogens (tertiary/aromatic N) is 1. The van der Waals surface area contributed by atoms with Gasteiger partial charge in [0.25, 0.3) is 0 Å². The molecule has 1 aliphatic rings. The van der Waals surface area contributed by atoms with E-state index < -0.39 is 33.3 Å². The van der Waals surface area contributed by atoms with E-state index in [0.29, 0.717) is 12.8 Å². The van der Waals surface area contributed by atoms with Crippen molar-refractivity contribution in [2.45, 2.75) is 43.9 Å². The van der Waals surface area contributed by atoms with Crippen LogP contribution in [0.2, 0.25) is 0 Å². The van der Waals surface area contributed by atoms with Crippen LogP contribution in [-0.4, -0.2) is 54.7 Å². The molecule has 1 fully saturated rings. The van der Waals surface area contributed by atoms with Crippen molar-refractivity contribution in [2.24, 2.45) is 0 Å². The zero-order chi connectivity index (χ0) is 14.6. The molecular formula is C11H19NO6S. The fourth-order valence-corrected chi connectivity index (χ4v) is 3.80. The fraction of sp³-hybridized carbons (Fsp3) is 0.818. The Balaban J connectivity index is 3.07. The number of hydrogen-bond donors (Lipinski definition) is 1. The number of methoxy groups -OCH3 is 1. The number of sulfonamides is 1. The Kier molecular flexibility index (Phi) is 5.30. The minimum absolute atomic E-state index is 0.126. The smallest absolute Gasteiger partial charge is 0.325 e. The molecule has 0 aliphatic carbocycles. The summed E-state index contributed by atoms with van der Waals surface area (Å²) in [6, 6.07) is -1.10. The maximum atomic E-state index is 12.3. The molecule has 0 bridgehead atoms. The molecule has 1 N–H and O–H groups in total. The lowest BCUT2D eigenvalue weighted by atomic mass is 10.1. The van der Waals surface area contributed by atoms with Crippen molar-refractivity contribution in [3.05, 3.63) is 0 Å². The first-order valence-electron chi connectivity index (χ1n) is 6.13. The van der Waals surface area contributed by atoms with Gasteiger partial charge in [0.05, 0.1) is 7.11 Å². The predicted octanol–water partition coefficient (Wildman–Crippen LogP) is 0.207. The van der Waals surface area contributed by atoms with E-state index >= 15 is 0 Å².